The number of imidazole rings is 1. The van der Waals surface area contributed by atoms with Gasteiger partial charge >= 0.3 is 12.0 Å². The molecule has 0 radical (unpaired) electrons. The van der Waals surface area contributed by atoms with Gasteiger partial charge in [0.1, 0.15) is 10.7 Å². The van der Waals surface area contributed by atoms with Gasteiger partial charge in [-0.15, -0.1) is 16.2 Å². The van der Waals surface area contributed by atoms with Gasteiger partial charge in [0.25, 0.3) is 0 Å². The number of carbonyl (C=O) groups is 1. The van der Waals surface area contributed by atoms with Crippen LogP contribution in [0.4, 0.5) is 10.7 Å². The molecular formula is C21H26N3O2S+. The lowest BCUT2D eigenvalue weighted by molar-refractivity contribution is 0.118. The molecule has 0 N–H and O–H groups in total. The van der Waals surface area contributed by atoms with Crippen molar-refractivity contribution in [1.82, 2.24) is 14.0 Å². The summed E-state index contributed by atoms with van der Waals surface area (Å²) < 4.78 is 7.56. The standard InChI is InChI=1S/C21H26N3O2S/c1-14-9-7-11-21-12-8-10-15(2)24(21,19(25)26-6)18-22-13-16(23(18)17(14)21)27-20(3,4)5/h7-10,12-13H,11H2,1-6H3/q+1. The predicted molar refractivity (Wildman–Crippen MR) is 110 cm³/mol. The van der Waals surface area contributed by atoms with Crippen LogP contribution < -0.4 is 4.48 Å². The maximum absolute atomic E-state index is 13.4. The fourth-order valence-corrected chi connectivity index (χ4v) is 5.65. The van der Waals surface area contributed by atoms with Gasteiger partial charge in [-0.25, -0.2) is 4.57 Å². The van der Waals surface area contributed by atoms with E-state index in [0.717, 1.165) is 28.4 Å². The van der Waals surface area contributed by atoms with E-state index in [2.05, 4.69) is 56.6 Å². The number of aromatic nitrogens is 2. The summed E-state index contributed by atoms with van der Waals surface area (Å²) in [6.45, 7) is 10.7. The molecule has 0 aromatic carbocycles. The summed E-state index contributed by atoms with van der Waals surface area (Å²) in [7, 11) is 1.46. The summed E-state index contributed by atoms with van der Waals surface area (Å²) in [6.07, 6.45) is 12.8. The summed E-state index contributed by atoms with van der Waals surface area (Å²) in [5.41, 5.74) is 2.64. The Kier molecular flexibility index (Phi) is 3.88. The van der Waals surface area contributed by atoms with Crippen molar-refractivity contribution >= 4 is 29.5 Å². The van der Waals surface area contributed by atoms with Crippen LogP contribution in [-0.2, 0) is 4.74 Å². The Morgan fingerprint density at radius 2 is 2.11 bits per heavy atom. The Bertz CT molecular complexity index is 961. The highest BCUT2D eigenvalue weighted by Gasteiger charge is 2.70. The molecule has 0 saturated carbocycles. The Morgan fingerprint density at radius 1 is 1.37 bits per heavy atom. The molecule has 3 heterocycles. The topological polar surface area (TPSA) is 44.1 Å². The van der Waals surface area contributed by atoms with Crippen LogP contribution in [0.1, 0.15) is 41.0 Å². The average Bonchev–Trinajstić information content (AvgIpc) is 3.08. The van der Waals surface area contributed by atoms with Crippen LogP contribution in [0.15, 0.2) is 52.9 Å². The minimum absolute atomic E-state index is 0.0261. The second-order valence-corrected chi connectivity index (χ2v) is 10.2. The van der Waals surface area contributed by atoms with E-state index in [-0.39, 0.29) is 15.3 Å². The number of quaternary nitrogens is 1. The number of amides is 1. The Balaban J connectivity index is 2.11. The Morgan fingerprint density at radius 3 is 2.78 bits per heavy atom. The minimum Gasteiger partial charge on any atom is -0.423 e. The van der Waals surface area contributed by atoms with E-state index in [4.69, 9.17) is 9.72 Å². The number of thioether (sulfide) groups is 1. The molecule has 4 rings (SSSR count). The highest BCUT2D eigenvalue weighted by molar-refractivity contribution is 8.00. The second kappa shape index (κ2) is 5.72. The summed E-state index contributed by atoms with van der Waals surface area (Å²) in [6, 6.07) is 0. The van der Waals surface area contributed by atoms with Crippen molar-refractivity contribution in [3.63, 3.8) is 0 Å². The van der Waals surface area contributed by atoms with Crippen LogP contribution in [0.3, 0.4) is 0 Å². The lowest BCUT2D eigenvalue weighted by Crippen LogP contribution is -2.66. The van der Waals surface area contributed by atoms with E-state index in [0.29, 0.717) is 5.95 Å². The molecule has 0 saturated heterocycles. The molecule has 1 aromatic heterocycles. The molecule has 3 aliphatic rings. The number of ether oxygens (including phenoxy) is 1. The van der Waals surface area contributed by atoms with Gasteiger partial charge in [-0.05, 0) is 24.6 Å². The lowest BCUT2D eigenvalue weighted by Gasteiger charge is -2.43. The van der Waals surface area contributed by atoms with Crippen LogP contribution in [0, 0.1) is 0 Å². The maximum Gasteiger partial charge on any atom is 0.529 e. The van der Waals surface area contributed by atoms with E-state index in [1.54, 1.807) is 11.8 Å². The Hall–Kier alpha value is -2.05. The van der Waals surface area contributed by atoms with Gasteiger partial charge in [0.15, 0.2) is 5.54 Å². The van der Waals surface area contributed by atoms with Gasteiger partial charge < -0.3 is 4.74 Å². The summed E-state index contributed by atoms with van der Waals surface area (Å²) in [4.78, 5) is 18.1. The quantitative estimate of drug-likeness (QED) is 0.489. The lowest BCUT2D eigenvalue weighted by atomic mass is 9.80. The van der Waals surface area contributed by atoms with Crippen molar-refractivity contribution in [3.8, 4) is 0 Å². The third-order valence-electron chi connectivity index (χ3n) is 5.51. The first-order chi connectivity index (χ1) is 12.7. The first-order valence-electron chi connectivity index (χ1n) is 9.19. The fourth-order valence-electron chi connectivity index (χ4n) is 4.65. The number of nitrogens with zero attached hydrogens (tertiary/aromatic N) is 3. The number of fused-ring (bicyclic) bond motifs is 3. The minimum atomic E-state index is -0.554. The Labute approximate surface area is 164 Å². The number of hydrogen-bond donors (Lipinski definition) is 0. The number of rotatable bonds is 1. The van der Waals surface area contributed by atoms with Crippen LogP contribution in [-0.4, -0.2) is 33.0 Å². The number of hydrogen-bond acceptors (Lipinski definition) is 4. The van der Waals surface area contributed by atoms with Crippen LogP contribution in [0.5, 0.6) is 0 Å². The molecule has 2 atom stereocenters. The van der Waals surface area contributed by atoms with Crippen molar-refractivity contribution in [2.24, 2.45) is 0 Å². The van der Waals surface area contributed by atoms with Gasteiger partial charge in [0.05, 0.1) is 19.0 Å². The first kappa shape index (κ1) is 18.3. The molecule has 1 aliphatic carbocycles. The zero-order chi connectivity index (χ0) is 19.6. The molecule has 27 heavy (non-hydrogen) atoms. The molecule has 2 aliphatic heterocycles. The zero-order valence-electron chi connectivity index (χ0n) is 16.7. The third kappa shape index (κ3) is 2.17. The molecule has 1 aromatic rings. The number of carbonyl (C=O) groups excluding carboxylic acids is 1. The summed E-state index contributed by atoms with van der Waals surface area (Å²) in [5.74, 6) is 0.713. The summed E-state index contributed by atoms with van der Waals surface area (Å²) >= 11 is 1.77. The molecule has 6 heteroatoms. The van der Waals surface area contributed by atoms with E-state index < -0.39 is 5.54 Å². The monoisotopic (exact) mass is 384 g/mol. The van der Waals surface area contributed by atoms with E-state index in [1.165, 1.54) is 7.11 Å². The van der Waals surface area contributed by atoms with Crippen LogP contribution in [0.2, 0.25) is 0 Å². The van der Waals surface area contributed by atoms with Crippen molar-refractivity contribution in [3.05, 3.63) is 47.8 Å². The summed E-state index contributed by atoms with van der Waals surface area (Å²) in [5, 5.41) is 1.05. The highest BCUT2D eigenvalue weighted by atomic mass is 32.2. The van der Waals surface area contributed by atoms with E-state index in [9.17, 15) is 4.79 Å². The van der Waals surface area contributed by atoms with Crippen molar-refractivity contribution in [2.75, 3.05) is 7.11 Å². The molecule has 0 bridgehead atoms. The molecular weight excluding hydrogens is 358 g/mol. The van der Waals surface area contributed by atoms with Crippen molar-refractivity contribution < 1.29 is 9.53 Å². The fraction of sp³-hybridized carbons (Fsp3) is 0.429. The first-order valence-corrected chi connectivity index (χ1v) is 10.0. The molecule has 1 amide bonds. The third-order valence-corrected chi connectivity index (χ3v) is 6.62. The smallest absolute Gasteiger partial charge is 0.423 e. The predicted octanol–water partition coefficient (Wildman–Crippen LogP) is 5.26. The second-order valence-electron chi connectivity index (χ2n) is 8.32. The molecule has 5 nitrogen and oxygen atoms in total. The molecule has 0 fully saturated rings. The van der Waals surface area contributed by atoms with Gasteiger partial charge in [0.2, 0.25) is 0 Å². The highest BCUT2D eigenvalue weighted by Crippen LogP contribution is 2.58. The van der Waals surface area contributed by atoms with Crippen molar-refractivity contribution in [1.29, 1.82) is 0 Å². The van der Waals surface area contributed by atoms with Gasteiger partial charge in [-0.2, -0.15) is 9.78 Å². The van der Waals surface area contributed by atoms with Crippen LogP contribution in [0.25, 0.3) is 5.70 Å². The number of methoxy groups -OCH3 is 1. The number of allylic oxidation sites excluding steroid dienone is 5. The normalized spacial score (nSPS) is 28.6. The molecule has 142 valence electrons. The maximum atomic E-state index is 13.4. The zero-order valence-corrected chi connectivity index (χ0v) is 17.6. The average molecular weight is 385 g/mol. The van der Waals surface area contributed by atoms with Gasteiger partial charge in [-0.1, -0.05) is 39.0 Å². The molecule has 2 unspecified atom stereocenters. The van der Waals surface area contributed by atoms with E-state index >= 15 is 0 Å². The van der Waals surface area contributed by atoms with Gasteiger partial charge in [0, 0.05) is 18.1 Å². The SMILES string of the molecule is COC(=O)[N+]12C(C)=CC=CC13CC=CC(C)=C3n1c(SC(C)(C)C)cnc12. The van der Waals surface area contributed by atoms with E-state index in [1.807, 2.05) is 19.2 Å². The van der Waals surface area contributed by atoms with Gasteiger partial charge in [-0.3, -0.25) is 0 Å². The molecule has 1 spiro atoms. The van der Waals surface area contributed by atoms with Crippen LogP contribution >= 0.6 is 11.8 Å². The van der Waals surface area contributed by atoms with Crippen molar-refractivity contribution in [2.45, 2.75) is 56.4 Å². The largest absolute Gasteiger partial charge is 0.529 e.